The van der Waals surface area contributed by atoms with Crippen molar-refractivity contribution in [2.45, 2.75) is 25.4 Å². The Morgan fingerprint density at radius 3 is 2.43 bits per heavy atom. The monoisotopic (exact) mass is 304 g/mol. The molecule has 2 N–H and O–H groups in total. The first-order valence-corrected chi connectivity index (χ1v) is 7.20. The fourth-order valence-electron chi connectivity index (χ4n) is 2.15. The summed E-state index contributed by atoms with van der Waals surface area (Å²) in [6.45, 7) is 0. The third kappa shape index (κ3) is 4.59. The second-order valence-electron chi connectivity index (χ2n) is 4.95. The summed E-state index contributed by atoms with van der Waals surface area (Å²) in [5.41, 5.74) is 3.28. The number of carboxylic acid groups (broad SMARTS) is 1. The number of hydrogen-bond acceptors (Lipinski definition) is 2. The van der Waals surface area contributed by atoms with E-state index in [0.29, 0.717) is 11.4 Å². The molecule has 2 aromatic carbocycles. The van der Waals surface area contributed by atoms with Gasteiger partial charge < -0.3 is 10.2 Å². The fourth-order valence-corrected chi connectivity index (χ4v) is 2.35. The molecule has 21 heavy (non-hydrogen) atoms. The summed E-state index contributed by atoms with van der Waals surface area (Å²) < 4.78 is 0. The minimum absolute atomic E-state index is 0.269. The van der Waals surface area contributed by atoms with Gasteiger partial charge in [-0.15, -0.1) is 0 Å². The molecule has 0 bridgehead atoms. The molecule has 0 aromatic heterocycles. The lowest BCUT2D eigenvalue weighted by atomic mass is 10.0. The van der Waals surface area contributed by atoms with Crippen LogP contribution < -0.4 is 0 Å². The summed E-state index contributed by atoms with van der Waals surface area (Å²) in [5.74, 6) is -1.16. The van der Waals surface area contributed by atoms with Gasteiger partial charge in [-0.3, -0.25) is 0 Å². The summed E-state index contributed by atoms with van der Waals surface area (Å²) in [5, 5.41) is 18.5. The predicted octanol–water partition coefficient (Wildman–Crippen LogP) is 3.78. The SMILES string of the molecule is O=C(O)C(O)CCCc1ccc(-c2cccc(Cl)c2)cc1. The minimum Gasteiger partial charge on any atom is -0.479 e. The van der Waals surface area contributed by atoms with Crippen molar-refractivity contribution in [3.05, 3.63) is 59.1 Å². The van der Waals surface area contributed by atoms with Crippen LogP contribution in [-0.4, -0.2) is 22.3 Å². The molecule has 110 valence electrons. The molecule has 0 amide bonds. The van der Waals surface area contributed by atoms with E-state index in [9.17, 15) is 9.90 Å². The highest BCUT2D eigenvalue weighted by molar-refractivity contribution is 6.30. The number of aliphatic carboxylic acids is 1. The van der Waals surface area contributed by atoms with E-state index < -0.39 is 12.1 Å². The Balaban J connectivity index is 1.95. The Bertz CT molecular complexity index is 608. The number of carboxylic acids is 1. The van der Waals surface area contributed by atoms with E-state index in [1.807, 2.05) is 48.5 Å². The number of carbonyl (C=O) groups is 1. The van der Waals surface area contributed by atoms with Crippen molar-refractivity contribution in [1.82, 2.24) is 0 Å². The molecule has 0 fully saturated rings. The zero-order chi connectivity index (χ0) is 15.2. The van der Waals surface area contributed by atoms with Crippen molar-refractivity contribution in [3.8, 4) is 11.1 Å². The van der Waals surface area contributed by atoms with Crippen LogP contribution in [0.2, 0.25) is 5.02 Å². The Hall–Kier alpha value is -1.84. The minimum atomic E-state index is -1.27. The quantitative estimate of drug-likeness (QED) is 0.854. The van der Waals surface area contributed by atoms with E-state index in [-0.39, 0.29) is 6.42 Å². The van der Waals surface area contributed by atoms with E-state index in [1.54, 1.807) is 0 Å². The van der Waals surface area contributed by atoms with Crippen molar-refractivity contribution >= 4 is 17.6 Å². The first-order chi connectivity index (χ1) is 10.1. The molecule has 0 aliphatic heterocycles. The third-order valence-electron chi connectivity index (χ3n) is 3.34. The molecule has 0 radical (unpaired) electrons. The molecule has 0 saturated carbocycles. The normalized spacial score (nSPS) is 12.1. The second kappa shape index (κ2) is 7.25. The molecule has 4 heteroatoms. The second-order valence-corrected chi connectivity index (χ2v) is 5.39. The van der Waals surface area contributed by atoms with Crippen LogP contribution in [0.1, 0.15) is 18.4 Å². The Morgan fingerprint density at radius 1 is 1.10 bits per heavy atom. The molecule has 3 nitrogen and oxygen atoms in total. The van der Waals surface area contributed by atoms with Gasteiger partial charge in [-0.05, 0) is 48.1 Å². The van der Waals surface area contributed by atoms with Gasteiger partial charge in [0.15, 0.2) is 6.10 Å². The lowest BCUT2D eigenvalue weighted by molar-refractivity contribution is -0.146. The summed E-state index contributed by atoms with van der Waals surface area (Å²) in [6, 6.07) is 15.8. The van der Waals surface area contributed by atoms with Crippen molar-refractivity contribution < 1.29 is 15.0 Å². The van der Waals surface area contributed by atoms with Crippen LogP contribution in [0, 0.1) is 0 Å². The number of rotatable bonds is 6. The van der Waals surface area contributed by atoms with Crippen LogP contribution in [0.15, 0.2) is 48.5 Å². The van der Waals surface area contributed by atoms with Crippen LogP contribution in [0.4, 0.5) is 0 Å². The smallest absolute Gasteiger partial charge is 0.332 e. The fraction of sp³-hybridized carbons (Fsp3) is 0.235. The van der Waals surface area contributed by atoms with Crippen LogP contribution in [0.25, 0.3) is 11.1 Å². The van der Waals surface area contributed by atoms with Crippen LogP contribution >= 0.6 is 11.6 Å². The Kier molecular flexibility index (Phi) is 5.37. The van der Waals surface area contributed by atoms with Gasteiger partial charge >= 0.3 is 5.97 Å². The van der Waals surface area contributed by atoms with E-state index >= 15 is 0 Å². The maximum Gasteiger partial charge on any atom is 0.332 e. The summed E-state index contributed by atoms with van der Waals surface area (Å²) in [6.07, 6.45) is 0.394. The molecule has 0 aliphatic carbocycles. The molecular formula is C17H17ClO3. The lowest BCUT2D eigenvalue weighted by Crippen LogP contribution is -2.19. The van der Waals surface area contributed by atoms with Gasteiger partial charge in [0.05, 0.1) is 0 Å². The first-order valence-electron chi connectivity index (χ1n) is 6.82. The number of aliphatic hydroxyl groups excluding tert-OH is 1. The van der Waals surface area contributed by atoms with Crippen LogP contribution in [-0.2, 0) is 11.2 Å². The van der Waals surface area contributed by atoms with Gasteiger partial charge in [-0.2, -0.15) is 0 Å². The summed E-state index contributed by atoms with van der Waals surface area (Å²) in [7, 11) is 0. The van der Waals surface area contributed by atoms with Crippen molar-refractivity contribution in [3.63, 3.8) is 0 Å². The van der Waals surface area contributed by atoms with Gasteiger partial charge in [0.2, 0.25) is 0 Å². The predicted molar refractivity (Wildman–Crippen MR) is 83.5 cm³/mol. The van der Waals surface area contributed by atoms with Crippen molar-refractivity contribution in [2.24, 2.45) is 0 Å². The molecule has 0 saturated heterocycles. The molecular weight excluding hydrogens is 288 g/mol. The maximum absolute atomic E-state index is 10.5. The van der Waals surface area contributed by atoms with Crippen molar-refractivity contribution in [2.75, 3.05) is 0 Å². The molecule has 0 aliphatic rings. The van der Waals surface area contributed by atoms with Gasteiger partial charge in [-0.1, -0.05) is 48.0 Å². The van der Waals surface area contributed by atoms with Crippen LogP contribution in [0.3, 0.4) is 0 Å². The first kappa shape index (κ1) is 15.5. The number of hydrogen-bond donors (Lipinski definition) is 2. The average molecular weight is 305 g/mol. The van der Waals surface area contributed by atoms with Gasteiger partial charge in [0, 0.05) is 5.02 Å². The largest absolute Gasteiger partial charge is 0.479 e. The number of aliphatic hydroxyl groups is 1. The van der Waals surface area contributed by atoms with Crippen LogP contribution in [0.5, 0.6) is 0 Å². The highest BCUT2D eigenvalue weighted by atomic mass is 35.5. The van der Waals surface area contributed by atoms with Gasteiger partial charge in [0.25, 0.3) is 0 Å². The van der Waals surface area contributed by atoms with Gasteiger partial charge in [0.1, 0.15) is 0 Å². The average Bonchev–Trinajstić information content (AvgIpc) is 2.47. The topological polar surface area (TPSA) is 57.5 Å². The Labute approximate surface area is 128 Å². The molecule has 1 atom stereocenters. The summed E-state index contributed by atoms with van der Waals surface area (Å²) >= 11 is 5.98. The number of halogens is 1. The van der Waals surface area contributed by atoms with Gasteiger partial charge in [-0.25, -0.2) is 4.79 Å². The molecule has 2 rings (SSSR count). The molecule has 1 unspecified atom stereocenters. The summed E-state index contributed by atoms with van der Waals surface area (Å²) in [4.78, 5) is 10.5. The zero-order valence-corrected chi connectivity index (χ0v) is 12.3. The standard InChI is InChI=1S/C17H17ClO3/c18-15-5-2-4-14(11-15)13-9-7-12(8-10-13)3-1-6-16(19)17(20)21/h2,4-5,7-11,16,19H,1,3,6H2,(H,20,21). The van der Waals surface area contributed by atoms with E-state index in [0.717, 1.165) is 23.1 Å². The lowest BCUT2D eigenvalue weighted by Gasteiger charge is -2.07. The van der Waals surface area contributed by atoms with Crippen molar-refractivity contribution in [1.29, 1.82) is 0 Å². The number of aryl methyl sites for hydroxylation is 1. The highest BCUT2D eigenvalue weighted by Crippen LogP contribution is 2.23. The molecule has 0 heterocycles. The Morgan fingerprint density at radius 2 is 1.81 bits per heavy atom. The highest BCUT2D eigenvalue weighted by Gasteiger charge is 2.11. The maximum atomic E-state index is 10.5. The molecule has 2 aromatic rings. The van der Waals surface area contributed by atoms with E-state index in [4.69, 9.17) is 16.7 Å². The third-order valence-corrected chi connectivity index (χ3v) is 3.58. The van der Waals surface area contributed by atoms with E-state index in [1.165, 1.54) is 0 Å². The number of benzene rings is 2. The molecule has 0 spiro atoms. The zero-order valence-electron chi connectivity index (χ0n) is 11.5. The van der Waals surface area contributed by atoms with E-state index in [2.05, 4.69) is 0 Å².